The molecule has 0 spiro atoms. The highest BCUT2D eigenvalue weighted by atomic mass is 32.2. The number of methoxy groups -OCH3 is 1. The Morgan fingerprint density at radius 3 is 2.40 bits per heavy atom. The van der Waals surface area contributed by atoms with E-state index in [0.717, 1.165) is 33.2 Å². The van der Waals surface area contributed by atoms with Crippen molar-refractivity contribution in [3.05, 3.63) is 64.2 Å². The van der Waals surface area contributed by atoms with Gasteiger partial charge in [0.05, 0.1) is 25.0 Å². The SMILES string of the molecule is CCOC(=O)C(C)Oc1ccc(SCc2sc(-c3ccc(C(F)(F)F)cc3)nc2CN2CCN(C(=O)OC)CC2)cc1C. The molecule has 232 valence electrons. The van der Waals surface area contributed by atoms with Gasteiger partial charge in [0.15, 0.2) is 6.10 Å². The minimum Gasteiger partial charge on any atom is -0.479 e. The van der Waals surface area contributed by atoms with Gasteiger partial charge in [-0.15, -0.1) is 23.1 Å². The first-order valence-electron chi connectivity index (χ1n) is 13.8. The van der Waals surface area contributed by atoms with Gasteiger partial charge in [0, 0.05) is 53.8 Å². The fourth-order valence-corrected chi connectivity index (χ4v) is 6.64. The zero-order valence-corrected chi connectivity index (χ0v) is 26.0. The number of halogens is 3. The number of nitrogens with zero attached hydrogens (tertiary/aromatic N) is 3. The fourth-order valence-electron chi connectivity index (χ4n) is 4.47. The Morgan fingerprint density at radius 1 is 1.09 bits per heavy atom. The number of hydrogen-bond acceptors (Lipinski definition) is 9. The summed E-state index contributed by atoms with van der Waals surface area (Å²) in [6.45, 7) is 8.52. The number of carbonyl (C=O) groups excluding carboxylic acids is 2. The third kappa shape index (κ3) is 8.64. The topological polar surface area (TPSA) is 81.2 Å². The van der Waals surface area contributed by atoms with Crippen molar-refractivity contribution >= 4 is 35.2 Å². The van der Waals surface area contributed by atoms with E-state index in [1.54, 1.807) is 30.5 Å². The first kappa shape index (κ1) is 32.6. The molecule has 1 aromatic heterocycles. The summed E-state index contributed by atoms with van der Waals surface area (Å²) in [5, 5.41) is 0.653. The minimum absolute atomic E-state index is 0.283. The van der Waals surface area contributed by atoms with Crippen LogP contribution in [0.4, 0.5) is 18.0 Å². The van der Waals surface area contributed by atoms with Crippen molar-refractivity contribution in [2.45, 2.75) is 50.2 Å². The first-order chi connectivity index (χ1) is 20.5. The molecule has 1 aliphatic rings. The van der Waals surface area contributed by atoms with Crippen molar-refractivity contribution in [1.29, 1.82) is 0 Å². The van der Waals surface area contributed by atoms with Crippen LogP contribution in [-0.2, 0) is 32.7 Å². The second-order valence-corrected chi connectivity index (χ2v) is 12.1. The number of thiazole rings is 1. The smallest absolute Gasteiger partial charge is 0.416 e. The molecule has 2 heterocycles. The van der Waals surface area contributed by atoms with Gasteiger partial charge in [-0.05, 0) is 56.7 Å². The largest absolute Gasteiger partial charge is 0.479 e. The number of benzene rings is 2. The Hall–Kier alpha value is -3.29. The van der Waals surface area contributed by atoms with Crippen molar-refractivity contribution in [2.24, 2.45) is 0 Å². The number of alkyl halides is 3. The Labute approximate surface area is 257 Å². The lowest BCUT2D eigenvalue weighted by atomic mass is 10.1. The van der Waals surface area contributed by atoms with Crippen LogP contribution in [0.25, 0.3) is 10.6 Å². The van der Waals surface area contributed by atoms with Crippen LogP contribution in [-0.4, -0.2) is 72.8 Å². The monoisotopic (exact) mass is 637 g/mol. The second kappa shape index (κ2) is 14.5. The summed E-state index contributed by atoms with van der Waals surface area (Å²) in [5.74, 6) is 0.780. The number of amides is 1. The van der Waals surface area contributed by atoms with Crippen molar-refractivity contribution in [2.75, 3.05) is 39.9 Å². The number of carbonyl (C=O) groups is 2. The zero-order chi connectivity index (χ0) is 31.1. The molecule has 1 saturated heterocycles. The summed E-state index contributed by atoms with van der Waals surface area (Å²) < 4.78 is 55.0. The van der Waals surface area contributed by atoms with E-state index >= 15 is 0 Å². The molecule has 1 amide bonds. The maximum atomic E-state index is 13.1. The average molecular weight is 638 g/mol. The van der Waals surface area contributed by atoms with Crippen molar-refractivity contribution in [3.8, 4) is 16.3 Å². The third-order valence-electron chi connectivity index (χ3n) is 6.85. The summed E-state index contributed by atoms with van der Waals surface area (Å²) >= 11 is 3.08. The summed E-state index contributed by atoms with van der Waals surface area (Å²) in [4.78, 5) is 34.6. The number of piperazine rings is 1. The first-order valence-corrected chi connectivity index (χ1v) is 15.6. The Balaban J connectivity index is 1.50. The molecule has 1 fully saturated rings. The standard InChI is InChI=1S/C30H34F3N3O5S2/c1-5-40-28(37)20(3)41-25-11-10-23(16-19(25)2)42-18-26-24(17-35-12-14-36(15-13-35)29(38)39-4)34-27(43-26)21-6-8-22(9-7-21)30(31,32)33/h6-11,16,20H,5,12-15,17-18H2,1-4H3. The molecule has 2 aromatic carbocycles. The minimum atomic E-state index is -4.41. The summed E-state index contributed by atoms with van der Waals surface area (Å²) in [7, 11) is 1.36. The molecule has 3 aromatic rings. The quantitative estimate of drug-likeness (QED) is 0.181. The van der Waals surface area contributed by atoms with Gasteiger partial charge in [0.25, 0.3) is 0 Å². The number of ether oxygens (including phenoxy) is 3. The molecule has 0 saturated carbocycles. The molecule has 0 radical (unpaired) electrons. The molecular weight excluding hydrogens is 603 g/mol. The second-order valence-electron chi connectivity index (χ2n) is 9.93. The lowest BCUT2D eigenvalue weighted by Crippen LogP contribution is -2.48. The number of esters is 1. The van der Waals surface area contributed by atoms with Gasteiger partial charge in [-0.3, -0.25) is 4.90 Å². The van der Waals surface area contributed by atoms with E-state index in [9.17, 15) is 22.8 Å². The number of hydrogen-bond donors (Lipinski definition) is 0. The van der Waals surface area contributed by atoms with Crippen LogP contribution in [0.1, 0.15) is 35.5 Å². The maximum absolute atomic E-state index is 13.1. The van der Waals surface area contributed by atoms with Crippen LogP contribution in [0.15, 0.2) is 47.4 Å². The summed E-state index contributed by atoms with van der Waals surface area (Å²) in [5.41, 5.74) is 1.66. The van der Waals surface area contributed by atoms with E-state index in [0.29, 0.717) is 54.8 Å². The van der Waals surface area contributed by atoms with E-state index in [2.05, 4.69) is 4.90 Å². The van der Waals surface area contributed by atoms with E-state index < -0.39 is 23.8 Å². The van der Waals surface area contributed by atoms with Gasteiger partial charge in [-0.2, -0.15) is 13.2 Å². The lowest BCUT2D eigenvalue weighted by molar-refractivity contribution is -0.150. The number of thioether (sulfide) groups is 1. The molecule has 0 aliphatic carbocycles. The molecule has 1 aliphatic heterocycles. The predicted octanol–water partition coefficient (Wildman–Crippen LogP) is 6.64. The maximum Gasteiger partial charge on any atom is 0.416 e. The van der Waals surface area contributed by atoms with Crippen LogP contribution >= 0.6 is 23.1 Å². The van der Waals surface area contributed by atoms with Crippen molar-refractivity contribution in [3.63, 3.8) is 0 Å². The van der Waals surface area contributed by atoms with Gasteiger partial charge >= 0.3 is 18.2 Å². The highest BCUT2D eigenvalue weighted by Crippen LogP contribution is 2.36. The lowest BCUT2D eigenvalue weighted by Gasteiger charge is -2.33. The highest BCUT2D eigenvalue weighted by Gasteiger charge is 2.30. The van der Waals surface area contributed by atoms with Crippen LogP contribution in [0.5, 0.6) is 5.75 Å². The van der Waals surface area contributed by atoms with Crippen LogP contribution in [0.3, 0.4) is 0 Å². The Kier molecular flexibility index (Phi) is 11.0. The molecule has 0 N–H and O–H groups in total. The van der Waals surface area contributed by atoms with Crippen molar-refractivity contribution < 1.29 is 37.0 Å². The van der Waals surface area contributed by atoms with Crippen molar-refractivity contribution in [1.82, 2.24) is 14.8 Å². The zero-order valence-electron chi connectivity index (χ0n) is 24.4. The van der Waals surface area contributed by atoms with Gasteiger partial charge in [0.1, 0.15) is 10.8 Å². The fraction of sp³-hybridized carbons (Fsp3) is 0.433. The molecule has 1 atom stereocenters. The normalized spacial score (nSPS) is 14.8. The number of rotatable bonds is 10. The molecule has 0 bridgehead atoms. The molecule has 8 nitrogen and oxygen atoms in total. The highest BCUT2D eigenvalue weighted by molar-refractivity contribution is 7.98. The molecule has 1 unspecified atom stereocenters. The van der Waals surface area contributed by atoms with Gasteiger partial charge < -0.3 is 19.1 Å². The number of aryl methyl sites for hydroxylation is 1. The third-order valence-corrected chi connectivity index (χ3v) is 9.20. The molecule has 43 heavy (non-hydrogen) atoms. The summed E-state index contributed by atoms with van der Waals surface area (Å²) in [6, 6.07) is 10.8. The van der Waals surface area contributed by atoms with Crippen LogP contribution in [0, 0.1) is 6.92 Å². The number of aromatic nitrogens is 1. The van der Waals surface area contributed by atoms with Gasteiger partial charge in [-0.25, -0.2) is 14.6 Å². The molecule has 13 heteroatoms. The van der Waals surface area contributed by atoms with E-state index in [-0.39, 0.29) is 12.7 Å². The van der Waals surface area contributed by atoms with Gasteiger partial charge in [0.2, 0.25) is 0 Å². The van der Waals surface area contributed by atoms with Crippen LogP contribution in [0.2, 0.25) is 0 Å². The Bertz CT molecular complexity index is 1410. The van der Waals surface area contributed by atoms with Crippen LogP contribution < -0.4 is 4.74 Å². The molecule has 4 rings (SSSR count). The van der Waals surface area contributed by atoms with Gasteiger partial charge in [-0.1, -0.05) is 12.1 Å². The average Bonchev–Trinajstić information content (AvgIpc) is 3.39. The summed E-state index contributed by atoms with van der Waals surface area (Å²) in [6.07, 6.45) is -5.48. The molecular formula is C30H34F3N3O5S2. The van der Waals surface area contributed by atoms with E-state index in [1.807, 2.05) is 25.1 Å². The predicted molar refractivity (Wildman–Crippen MR) is 159 cm³/mol. The Morgan fingerprint density at radius 2 is 1.79 bits per heavy atom. The van der Waals surface area contributed by atoms with E-state index in [4.69, 9.17) is 19.2 Å². The van der Waals surface area contributed by atoms with E-state index in [1.165, 1.54) is 30.6 Å².